The molecular formula is C15H17BrN2O. The Kier molecular flexibility index (Phi) is 3.62. The van der Waals surface area contributed by atoms with E-state index in [0.29, 0.717) is 0 Å². The number of hydrogen-bond donors (Lipinski definition) is 1. The monoisotopic (exact) mass is 320 g/mol. The van der Waals surface area contributed by atoms with Crippen LogP contribution in [0, 0.1) is 0 Å². The molecule has 2 aromatic rings. The lowest BCUT2D eigenvalue weighted by atomic mass is 10.1. The predicted molar refractivity (Wildman–Crippen MR) is 79.3 cm³/mol. The molecule has 2 heterocycles. The average Bonchev–Trinajstić information content (AvgIpc) is 2.98. The van der Waals surface area contributed by atoms with Crippen LogP contribution in [0.5, 0.6) is 5.75 Å². The summed E-state index contributed by atoms with van der Waals surface area (Å²) in [6.07, 6.45) is 5.21. The Balaban J connectivity index is 1.67. The largest absolute Gasteiger partial charge is 0.493 e. The zero-order valence-electron chi connectivity index (χ0n) is 10.9. The van der Waals surface area contributed by atoms with Gasteiger partial charge in [0.1, 0.15) is 5.75 Å². The number of aromatic nitrogens is 1. The van der Waals surface area contributed by atoms with E-state index >= 15 is 0 Å². The number of aryl methyl sites for hydroxylation is 1. The van der Waals surface area contributed by atoms with E-state index in [0.717, 1.165) is 36.3 Å². The van der Waals surface area contributed by atoms with E-state index in [1.165, 1.54) is 16.7 Å². The van der Waals surface area contributed by atoms with Gasteiger partial charge in [0.15, 0.2) is 0 Å². The first-order chi connectivity index (χ1) is 9.22. The van der Waals surface area contributed by atoms with Gasteiger partial charge in [0.25, 0.3) is 0 Å². The number of nitrogens with one attached hydrogen (secondary N) is 1. The van der Waals surface area contributed by atoms with Gasteiger partial charge in [0, 0.05) is 49.0 Å². The van der Waals surface area contributed by atoms with E-state index < -0.39 is 0 Å². The number of rotatable bonds is 4. The molecule has 0 spiro atoms. The lowest BCUT2D eigenvalue weighted by molar-refractivity contribution is 0.352. The van der Waals surface area contributed by atoms with E-state index in [1.807, 2.05) is 7.05 Å². The molecule has 0 saturated heterocycles. The molecule has 0 bridgehead atoms. The lowest BCUT2D eigenvalue weighted by Gasteiger charge is -2.10. The molecule has 0 radical (unpaired) electrons. The number of benzene rings is 1. The zero-order chi connectivity index (χ0) is 13.2. The standard InChI is InChI=1S/C15H17BrN2O/c1-18-4-2-11(10-18)8-17-9-13-7-14(16)6-12-3-5-19-15(12)13/h2,4,6-7,10,17H,3,5,8-9H2,1H3. The maximum absolute atomic E-state index is 5.73. The topological polar surface area (TPSA) is 26.2 Å². The molecule has 3 rings (SSSR count). The van der Waals surface area contributed by atoms with Gasteiger partial charge in [-0.15, -0.1) is 0 Å². The number of fused-ring (bicyclic) bond motifs is 1. The van der Waals surface area contributed by atoms with Crippen LogP contribution in [0.4, 0.5) is 0 Å². The minimum absolute atomic E-state index is 0.803. The van der Waals surface area contributed by atoms with E-state index in [4.69, 9.17) is 4.74 Å². The van der Waals surface area contributed by atoms with Crippen LogP contribution in [0.15, 0.2) is 35.1 Å². The molecule has 0 fully saturated rings. The van der Waals surface area contributed by atoms with Crippen molar-refractivity contribution in [3.63, 3.8) is 0 Å². The maximum atomic E-state index is 5.73. The fraction of sp³-hybridized carbons (Fsp3) is 0.333. The summed E-state index contributed by atoms with van der Waals surface area (Å²) in [5.41, 5.74) is 3.85. The fourth-order valence-corrected chi connectivity index (χ4v) is 3.04. The van der Waals surface area contributed by atoms with Gasteiger partial charge >= 0.3 is 0 Å². The van der Waals surface area contributed by atoms with Crippen molar-refractivity contribution in [2.45, 2.75) is 19.5 Å². The molecule has 0 atom stereocenters. The summed E-state index contributed by atoms with van der Waals surface area (Å²) in [5, 5.41) is 3.47. The SMILES string of the molecule is Cn1ccc(CNCc2cc(Br)cc3c2OCC3)c1. The van der Waals surface area contributed by atoms with Crippen molar-refractivity contribution in [3.8, 4) is 5.75 Å². The fourth-order valence-electron chi connectivity index (χ4n) is 2.48. The number of hydrogen-bond acceptors (Lipinski definition) is 2. The Bertz CT molecular complexity index is 592. The van der Waals surface area contributed by atoms with Gasteiger partial charge in [-0.2, -0.15) is 0 Å². The van der Waals surface area contributed by atoms with Gasteiger partial charge in [0.05, 0.1) is 6.61 Å². The molecule has 0 unspecified atom stereocenters. The molecule has 1 aromatic carbocycles. The highest BCUT2D eigenvalue weighted by molar-refractivity contribution is 9.10. The Morgan fingerprint density at radius 2 is 2.26 bits per heavy atom. The van der Waals surface area contributed by atoms with Crippen LogP contribution in [0.1, 0.15) is 16.7 Å². The van der Waals surface area contributed by atoms with Gasteiger partial charge in [-0.3, -0.25) is 0 Å². The highest BCUT2D eigenvalue weighted by atomic mass is 79.9. The summed E-state index contributed by atoms with van der Waals surface area (Å²) < 4.78 is 8.93. The quantitative estimate of drug-likeness (QED) is 0.937. The Labute approximate surface area is 121 Å². The first-order valence-corrected chi connectivity index (χ1v) is 7.27. The number of nitrogens with zero attached hydrogens (tertiary/aromatic N) is 1. The third kappa shape index (κ3) is 2.85. The van der Waals surface area contributed by atoms with Gasteiger partial charge in [0.2, 0.25) is 0 Å². The van der Waals surface area contributed by atoms with E-state index in [9.17, 15) is 0 Å². The van der Waals surface area contributed by atoms with Gasteiger partial charge < -0.3 is 14.6 Å². The van der Waals surface area contributed by atoms with Crippen molar-refractivity contribution in [3.05, 3.63) is 51.8 Å². The molecule has 0 saturated carbocycles. The Morgan fingerprint density at radius 1 is 1.37 bits per heavy atom. The molecule has 3 nitrogen and oxygen atoms in total. The zero-order valence-corrected chi connectivity index (χ0v) is 12.5. The number of ether oxygens (including phenoxy) is 1. The summed E-state index contributed by atoms with van der Waals surface area (Å²) in [5.74, 6) is 1.07. The predicted octanol–water partition coefficient (Wildman–Crippen LogP) is 3.01. The second-order valence-corrected chi connectivity index (χ2v) is 5.86. The van der Waals surface area contributed by atoms with Crippen molar-refractivity contribution >= 4 is 15.9 Å². The van der Waals surface area contributed by atoms with Crippen LogP contribution < -0.4 is 10.1 Å². The average molecular weight is 321 g/mol. The minimum atomic E-state index is 0.803. The lowest BCUT2D eigenvalue weighted by Crippen LogP contribution is -2.13. The molecule has 1 aromatic heterocycles. The number of halogens is 1. The van der Waals surface area contributed by atoms with Crippen molar-refractivity contribution < 1.29 is 4.74 Å². The molecule has 100 valence electrons. The van der Waals surface area contributed by atoms with Crippen molar-refractivity contribution in [2.24, 2.45) is 7.05 Å². The Morgan fingerprint density at radius 3 is 3.05 bits per heavy atom. The summed E-state index contributed by atoms with van der Waals surface area (Å²) in [6.45, 7) is 2.51. The normalized spacial score (nSPS) is 13.4. The summed E-state index contributed by atoms with van der Waals surface area (Å²) in [4.78, 5) is 0. The first kappa shape index (κ1) is 12.8. The molecule has 4 heteroatoms. The van der Waals surface area contributed by atoms with Crippen LogP contribution in [0.2, 0.25) is 0 Å². The second-order valence-electron chi connectivity index (χ2n) is 4.94. The summed E-state index contributed by atoms with van der Waals surface area (Å²) in [7, 11) is 2.04. The third-order valence-electron chi connectivity index (χ3n) is 3.36. The third-order valence-corrected chi connectivity index (χ3v) is 3.82. The van der Waals surface area contributed by atoms with Crippen molar-refractivity contribution in [2.75, 3.05) is 6.61 Å². The second kappa shape index (κ2) is 5.39. The van der Waals surface area contributed by atoms with Crippen LogP contribution in [-0.2, 0) is 26.6 Å². The molecule has 1 aliphatic heterocycles. The molecular weight excluding hydrogens is 304 g/mol. The van der Waals surface area contributed by atoms with Gasteiger partial charge in [-0.1, -0.05) is 15.9 Å². The molecule has 19 heavy (non-hydrogen) atoms. The molecule has 0 aliphatic carbocycles. The van der Waals surface area contributed by atoms with E-state index in [-0.39, 0.29) is 0 Å². The van der Waals surface area contributed by atoms with E-state index in [1.54, 1.807) is 0 Å². The molecule has 0 amide bonds. The highest BCUT2D eigenvalue weighted by Crippen LogP contribution is 2.32. The summed E-state index contributed by atoms with van der Waals surface area (Å²) in [6, 6.07) is 6.43. The van der Waals surface area contributed by atoms with Gasteiger partial charge in [-0.05, 0) is 29.3 Å². The van der Waals surface area contributed by atoms with Crippen molar-refractivity contribution in [1.82, 2.24) is 9.88 Å². The maximum Gasteiger partial charge on any atom is 0.127 e. The molecule has 1 N–H and O–H groups in total. The van der Waals surface area contributed by atoms with Crippen LogP contribution in [0.3, 0.4) is 0 Å². The van der Waals surface area contributed by atoms with Crippen molar-refractivity contribution in [1.29, 1.82) is 0 Å². The summed E-state index contributed by atoms with van der Waals surface area (Å²) >= 11 is 3.57. The smallest absolute Gasteiger partial charge is 0.127 e. The molecule has 1 aliphatic rings. The van der Waals surface area contributed by atoms with E-state index in [2.05, 4.69) is 56.4 Å². The minimum Gasteiger partial charge on any atom is -0.493 e. The van der Waals surface area contributed by atoms with Crippen LogP contribution >= 0.6 is 15.9 Å². The first-order valence-electron chi connectivity index (χ1n) is 6.48. The van der Waals surface area contributed by atoms with Crippen LogP contribution in [0.25, 0.3) is 0 Å². The van der Waals surface area contributed by atoms with Gasteiger partial charge in [-0.25, -0.2) is 0 Å². The van der Waals surface area contributed by atoms with Crippen LogP contribution in [-0.4, -0.2) is 11.2 Å². The highest BCUT2D eigenvalue weighted by Gasteiger charge is 2.16. The Hall–Kier alpha value is -1.26.